The molecule has 0 radical (unpaired) electrons. The van der Waals surface area contributed by atoms with Crippen LogP contribution in [0.1, 0.15) is 25.8 Å². The topological polar surface area (TPSA) is 27.7 Å². The highest BCUT2D eigenvalue weighted by Gasteiger charge is 2.07. The molecule has 0 N–H and O–H groups in total. The number of hydrogen-bond donors (Lipinski definition) is 0. The molecule has 0 heterocycles. The van der Waals surface area contributed by atoms with Gasteiger partial charge in [0.25, 0.3) is 0 Å². The van der Waals surface area contributed by atoms with E-state index in [1.165, 1.54) is 0 Å². The maximum absolute atomic E-state index is 5.89. The average Bonchev–Trinajstić information content (AvgIpc) is 2.42. The Labute approximate surface area is 114 Å². The molecule has 0 bridgehead atoms. The Morgan fingerprint density at radius 2 is 2.06 bits per heavy atom. The fraction of sp³-hybridized carbons (Fsp3) is 0.571. The van der Waals surface area contributed by atoms with Crippen molar-refractivity contribution in [3.8, 4) is 11.5 Å². The molecule has 0 aromatic heterocycles. The predicted octanol–water partition coefficient (Wildman–Crippen LogP) is 3.63. The Balaban J connectivity index is 2.71. The molecule has 0 saturated carbocycles. The quantitative estimate of drug-likeness (QED) is 0.677. The van der Waals surface area contributed by atoms with E-state index in [1.54, 1.807) is 7.11 Å². The molecular formula is C14H21ClO3. The highest BCUT2D eigenvalue weighted by Crippen LogP contribution is 2.26. The predicted molar refractivity (Wildman–Crippen MR) is 73.8 cm³/mol. The lowest BCUT2D eigenvalue weighted by Crippen LogP contribution is -2.16. The standard InChI is InChI=1S/C14H21ClO3/c1-4-7-17-13-6-5-12(9-15)14(8-13)18-10-11(2)16-3/h5-6,8,11H,4,7,9-10H2,1-3H3. The monoisotopic (exact) mass is 272 g/mol. The minimum Gasteiger partial charge on any atom is -0.493 e. The van der Waals surface area contributed by atoms with Gasteiger partial charge in [-0.05, 0) is 19.4 Å². The van der Waals surface area contributed by atoms with Crippen LogP contribution in [-0.2, 0) is 10.6 Å². The van der Waals surface area contributed by atoms with Gasteiger partial charge in [0.05, 0.1) is 18.6 Å². The minimum atomic E-state index is 0.0494. The molecule has 0 saturated heterocycles. The Kier molecular flexibility index (Phi) is 6.91. The number of rotatable bonds is 8. The van der Waals surface area contributed by atoms with Gasteiger partial charge in [-0.25, -0.2) is 0 Å². The molecule has 1 aromatic carbocycles. The van der Waals surface area contributed by atoms with E-state index in [0.29, 0.717) is 19.1 Å². The molecule has 4 heteroatoms. The van der Waals surface area contributed by atoms with Crippen LogP contribution in [0.2, 0.25) is 0 Å². The van der Waals surface area contributed by atoms with Crippen LogP contribution in [0.15, 0.2) is 18.2 Å². The van der Waals surface area contributed by atoms with E-state index in [-0.39, 0.29) is 6.10 Å². The zero-order valence-electron chi connectivity index (χ0n) is 11.2. The smallest absolute Gasteiger partial charge is 0.127 e. The van der Waals surface area contributed by atoms with Crippen molar-refractivity contribution in [2.75, 3.05) is 20.3 Å². The highest BCUT2D eigenvalue weighted by atomic mass is 35.5. The maximum Gasteiger partial charge on any atom is 0.127 e. The van der Waals surface area contributed by atoms with Crippen LogP contribution >= 0.6 is 11.6 Å². The van der Waals surface area contributed by atoms with Crippen LogP contribution in [0.25, 0.3) is 0 Å². The first-order chi connectivity index (χ1) is 8.71. The first-order valence-corrected chi connectivity index (χ1v) is 6.72. The zero-order valence-corrected chi connectivity index (χ0v) is 12.0. The maximum atomic E-state index is 5.89. The summed E-state index contributed by atoms with van der Waals surface area (Å²) in [7, 11) is 1.66. The fourth-order valence-corrected chi connectivity index (χ4v) is 1.59. The summed E-state index contributed by atoms with van der Waals surface area (Å²) in [6, 6.07) is 5.74. The molecule has 0 spiro atoms. The first-order valence-electron chi connectivity index (χ1n) is 6.18. The number of ether oxygens (including phenoxy) is 3. The summed E-state index contributed by atoms with van der Waals surface area (Å²) in [5.41, 5.74) is 0.962. The molecule has 1 unspecified atom stereocenters. The Morgan fingerprint density at radius 1 is 1.28 bits per heavy atom. The van der Waals surface area contributed by atoms with Crippen molar-refractivity contribution < 1.29 is 14.2 Å². The summed E-state index contributed by atoms with van der Waals surface area (Å²) in [6.07, 6.45) is 1.03. The summed E-state index contributed by atoms with van der Waals surface area (Å²) in [5.74, 6) is 2.00. The Hall–Kier alpha value is -0.930. The lowest BCUT2D eigenvalue weighted by molar-refractivity contribution is 0.0713. The van der Waals surface area contributed by atoms with Gasteiger partial charge in [-0.1, -0.05) is 13.0 Å². The molecular weight excluding hydrogens is 252 g/mol. The summed E-state index contributed by atoms with van der Waals surface area (Å²) >= 11 is 5.89. The summed E-state index contributed by atoms with van der Waals surface area (Å²) < 4.78 is 16.4. The molecule has 102 valence electrons. The van der Waals surface area contributed by atoms with Crippen molar-refractivity contribution in [2.24, 2.45) is 0 Å². The van der Waals surface area contributed by atoms with Crippen molar-refractivity contribution in [1.29, 1.82) is 0 Å². The van der Waals surface area contributed by atoms with Gasteiger partial charge in [0.2, 0.25) is 0 Å². The van der Waals surface area contributed by atoms with Gasteiger partial charge in [0, 0.05) is 18.7 Å². The molecule has 0 fully saturated rings. The first kappa shape index (κ1) is 15.1. The molecule has 0 aliphatic heterocycles. The van der Waals surface area contributed by atoms with E-state index in [9.17, 15) is 0 Å². The molecule has 1 rings (SSSR count). The van der Waals surface area contributed by atoms with Gasteiger partial charge in [-0.15, -0.1) is 11.6 Å². The summed E-state index contributed by atoms with van der Waals surface area (Å²) in [4.78, 5) is 0. The van der Waals surface area contributed by atoms with Crippen molar-refractivity contribution in [3.05, 3.63) is 23.8 Å². The molecule has 0 aliphatic carbocycles. The number of hydrogen-bond acceptors (Lipinski definition) is 3. The second-order valence-corrected chi connectivity index (χ2v) is 4.38. The SMILES string of the molecule is CCCOc1ccc(CCl)c(OCC(C)OC)c1. The van der Waals surface area contributed by atoms with Crippen molar-refractivity contribution >= 4 is 11.6 Å². The van der Waals surface area contributed by atoms with E-state index in [0.717, 1.165) is 23.5 Å². The van der Waals surface area contributed by atoms with Gasteiger partial charge in [0.1, 0.15) is 18.1 Å². The Morgan fingerprint density at radius 3 is 2.67 bits per heavy atom. The van der Waals surface area contributed by atoms with Crippen LogP contribution in [0.5, 0.6) is 11.5 Å². The number of methoxy groups -OCH3 is 1. The molecule has 1 atom stereocenters. The third-order valence-corrected chi connectivity index (χ3v) is 2.82. The molecule has 18 heavy (non-hydrogen) atoms. The summed E-state index contributed by atoms with van der Waals surface area (Å²) in [5, 5.41) is 0. The van der Waals surface area contributed by atoms with Crippen LogP contribution < -0.4 is 9.47 Å². The van der Waals surface area contributed by atoms with Gasteiger partial charge >= 0.3 is 0 Å². The van der Waals surface area contributed by atoms with Crippen molar-refractivity contribution in [1.82, 2.24) is 0 Å². The normalized spacial score (nSPS) is 12.2. The number of benzene rings is 1. The fourth-order valence-electron chi connectivity index (χ4n) is 1.36. The number of alkyl halides is 1. The molecule has 0 amide bonds. The second-order valence-electron chi connectivity index (χ2n) is 4.11. The van der Waals surface area contributed by atoms with Crippen LogP contribution in [-0.4, -0.2) is 26.4 Å². The van der Waals surface area contributed by atoms with Crippen LogP contribution in [0.3, 0.4) is 0 Å². The van der Waals surface area contributed by atoms with E-state index >= 15 is 0 Å². The lowest BCUT2D eigenvalue weighted by atomic mass is 10.2. The third-order valence-electron chi connectivity index (χ3n) is 2.53. The molecule has 0 aliphatic rings. The van der Waals surface area contributed by atoms with Gasteiger partial charge in [-0.2, -0.15) is 0 Å². The van der Waals surface area contributed by atoms with Gasteiger partial charge in [-0.3, -0.25) is 0 Å². The number of halogens is 1. The van der Waals surface area contributed by atoms with Crippen molar-refractivity contribution in [2.45, 2.75) is 32.3 Å². The highest BCUT2D eigenvalue weighted by molar-refractivity contribution is 6.17. The largest absolute Gasteiger partial charge is 0.493 e. The summed E-state index contributed by atoms with van der Waals surface area (Å²) in [6.45, 7) is 5.23. The average molecular weight is 273 g/mol. The van der Waals surface area contributed by atoms with E-state index in [1.807, 2.05) is 25.1 Å². The van der Waals surface area contributed by atoms with Crippen molar-refractivity contribution in [3.63, 3.8) is 0 Å². The molecule has 1 aromatic rings. The second kappa shape index (κ2) is 8.22. The van der Waals surface area contributed by atoms with E-state index in [4.69, 9.17) is 25.8 Å². The van der Waals surface area contributed by atoms with Gasteiger partial charge < -0.3 is 14.2 Å². The zero-order chi connectivity index (χ0) is 13.4. The third kappa shape index (κ3) is 4.75. The van der Waals surface area contributed by atoms with Crippen LogP contribution in [0.4, 0.5) is 0 Å². The minimum absolute atomic E-state index is 0.0494. The molecule has 3 nitrogen and oxygen atoms in total. The van der Waals surface area contributed by atoms with Gasteiger partial charge in [0.15, 0.2) is 0 Å². The van der Waals surface area contributed by atoms with E-state index in [2.05, 4.69) is 6.92 Å². The lowest BCUT2D eigenvalue weighted by Gasteiger charge is -2.15. The van der Waals surface area contributed by atoms with E-state index < -0.39 is 0 Å². The van der Waals surface area contributed by atoms with Crippen LogP contribution in [0, 0.1) is 0 Å². The Bertz CT molecular complexity index is 355.